The van der Waals surface area contributed by atoms with Crippen LogP contribution in [0, 0.1) is 5.82 Å². The molecule has 1 unspecified atom stereocenters. The topological polar surface area (TPSA) is 61.4 Å². The third-order valence-corrected chi connectivity index (χ3v) is 4.03. The summed E-state index contributed by atoms with van der Waals surface area (Å²) >= 11 is 0. The maximum atomic E-state index is 13.3. The molecule has 0 aliphatic carbocycles. The van der Waals surface area contributed by atoms with Crippen LogP contribution in [0.1, 0.15) is 12.0 Å². The fraction of sp³-hybridized carbons (Fsp3) is 0.222. The van der Waals surface area contributed by atoms with Gasteiger partial charge < -0.3 is 15.5 Å². The molecule has 2 aromatic carbocycles. The van der Waals surface area contributed by atoms with Crippen LogP contribution in [0.4, 0.5) is 33.7 Å². The number of urea groups is 1. The van der Waals surface area contributed by atoms with Gasteiger partial charge in [0.25, 0.3) is 0 Å². The molecule has 5 nitrogen and oxygen atoms in total. The SMILES string of the molecule is O=C(Nc1cccc(C(F)(F)F)c1)NC1CC(=O)N(c2cccc(F)c2)C1. The van der Waals surface area contributed by atoms with Crippen molar-refractivity contribution in [2.45, 2.75) is 18.6 Å². The van der Waals surface area contributed by atoms with Gasteiger partial charge in [0, 0.05) is 24.3 Å². The van der Waals surface area contributed by atoms with Crippen LogP contribution in [-0.2, 0) is 11.0 Å². The summed E-state index contributed by atoms with van der Waals surface area (Å²) < 4.78 is 51.4. The molecule has 1 atom stereocenters. The van der Waals surface area contributed by atoms with Gasteiger partial charge in [0.1, 0.15) is 5.82 Å². The summed E-state index contributed by atoms with van der Waals surface area (Å²) in [7, 11) is 0. The van der Waals surface area contributed by atoms with E-state index in [1.165, 1.54) is 35.2 Å². The summed E-state index contributed by atoms with van der Waals surface area (Å²) in [5, 5.41) is 4.86. The van der Waals surface area contributed by atoms with Crippen LogP contribution in [0.5, 0.6) is 0 Å². The molecule has 1 fully saturated rings. The van der Waals surface area contributed by atoms with Crippen LogP contribution in [0.25, 0.3) is 0 Å². The number of carbonyl (C=O) groups is 2. The second-order valence-corrected chi connectivity index (χ2v) is 6.06. The summed E-state index contributed by atoms with van der Waals surface area (Å²) in [6.07, 6.45) is -4.51. The molecule has 0 bridgehead atoms. The van der Waals surface area contributed by atoms with Crippen LogP contribution in [-0.4, -0.2) is 24.5 Å². The van der Waals surface area contributed by atoms with Gasteiger partial charge in [-0.3, -0.25) is 4.79 Å². The van der Waals surface area contributed by atoms with Crippen molar-refractivity contribution in [3.8, 4) is 0 Å². The van der Waals surface area contributed by atoms with E-state index in [-0.39, 0.29) is 24.6 Å². The molecular formula is C18H15F4N3O2. The number of halogens is 4. The van der Waals surface area contributed by atoms with Gasteiger partial charge in [-0.1, -0.05) is 12.1 Å². The van der Waals surface area contributed by atoms with Crippen molar-refractivity contribution in [3.63, 3.8) is 0 Å². The van der Waals surface area contributed by atoms with E-state index >= 15 is 0 Å². The van der Waals surface area contributed by atoms with Crippen molar-refractivity contribution in [3.05, 3.63) is 59.9 Å². The first kappa shape index (κ1) is 18.7. The Hall–Kier alpha value is -3.10. The fourth-order valence-corrected chi connectivity index (χ4v) is 2.82. The number of carbonyl (C=O) groups excluding carboxylic acids is 2. The zero-order chi connectivity index (χ0) is 19.6. The van der Waals surface area contributed by atoms with E-state index in [9.17, 15) is 27.2 Å². The molecule has 0 radical (unpaired) electrons. The maximum absolute atomic E-state index is 13.3. The molecule has 0 saturated carbocycles. The highest BCUT2D eigenvalue weighted by Gasteiger charge is 2.32. The summed E-state index contributed by atoms with van der Waals surface area (Å²) in [4.78, 5) is 25.5. The summed E-state index contributed by atoms with van der Waals surface area (Å²) in [5.74, 6) is -0.774. The molecular weight excluding hydrogens is 366 g/mol. The number of hydrogen-bond acceptors (Lipinski definition) is 2. The van der Waals surface area contributed by atoms with Crippen molar-refractivity contribution in [2.75, 3.05) is 16.8 Å². The zero-order valence-electron chi connectivity index (χ0n) is 13.9. The molecule has 9 heteroatoms. The lowest BCUT2D eigenvalue weighted by Gasteiger charge is -2.17. The third kappa shape index (κ3) is 4.55. The molecule has 0 aromatic heterocycles. The second kappa shape index (κ2) is 7.26. The minimum Gasteiger partial charge on any atom is -0.333 e. The first-order chi connectivity index (χ1) is 12.7. The first-order valence-electron chi connectivity index (χ1n) is 8.03. The number of rotatable bonds is 3. The molecule has 1 aliphatic heterocycles. The molecule has 0 spiro atoms. The molecule has 27 heavy (non-hydrogen) atoms. The number of alkyl halides is 3. The molecule has 3 rings (SSSR count). The van der Waals surface area contributed by atoms with Gasteiger partial charge in [-0.25, -0.2) is 9.18 Å². The van der Waals surface area contributed by atoms with Gasteiger partial charge in [-0.05, 0) is 36.4 Å². The Balaban J connectivity index is 1.61. The van der Waals surface area contributed by atoms with Crippen molar-refractivity contribution in [2.24, 2.45) is 0 Å². The van der Waals surface area contributed by atoms with E-state index < -0.39 is 29.6 Å². The number of amides is 3. The lowest BCUT2D eigenvalue weighted by molar-refractivity contribution is -0.137. The number of nitrogens with one attached hydrogen (secondary N) is 2. The van der Waals surface area contributed by atoms with E-state index in [1.54, 1.807) is 6.07 Å². The van der Waals surface area contributed by atoms with Gasteiger partial charge in [-0.15, -0.1) is 0 Å². The highest BCUT2D eigenvalue weighted by Crippen LogP contribution is 2.30. The predicted octanol–water partition coefficient (Wildman–Crippen LogP) is 3.77. The van der Waals surface area contributed by atoms with Crippen LogP contribution in [0.2, 0.25) is 0 Å². The first-order valence-corrected chi connectivity index (χ1v) is 8.03. The normalized spacial score (nSPS) is 17.1. The molecule has 1 saturated heterocycles. The number of hydrogen-bond donors (Lipinski definition) is 2. The Morgan fingerprint density at radius 2 is 1.85 bits per heavy atom. The highest BCUT2D eigenvalue weighted by atomic mass is 19.4. The summed E-state index contributed by atoms with van der Waals surface area (Å²) in [6.45, 7) is 0.137. The van der Waals surface area contributed by atoms with Crippen LogP contribution in [0.15, 0.2) is 48.5 Å². The van der Waals surface area contributed by atoms with Crippen LogP contribution >= 0.6 is 0 Å². The highest BCUT2D eigenvalue weighted by molar-refractivity contribution is 5.97. The van der Waals surface area contributed by atoms with Gasteiger partial charge in [0.15, 0.2) is 0 Å². The third-order valence-electron chi connectivity index (χ3n) is 4.03. The van der Waals surface area contributed by atoms with Crippen LogP contribution in [0.3, 0.4) is 0 Å². The van der Waals surface area contributed by atoms with E-state index in [4.69, 9.17) is 0 Å². The Bertz CT molecular complexity index is 870. The van der Waals surface area contributed by atoms with E-state index in [0.717, 1.165) is 12.1 Å². The Kier molecular flexibility index (Phi) is 5.02. The number of benzene rings is 2. The largest absolute Gasteiger partial charge is 0.416 e. The van der Waals surface area contributed by atoms with E-state index in [2.05, 4.69) is 10.6 Å². The van der Waals surface area contributed by atoms with Gasteiger partial charge >= 0.3 is 12.2 Å². The monoisotopic (exact) mass is 381 g/mol. The zero-order valence-corrected chi connectivity index (χ0v) is 13.9. The fourth-order valence-electron chi connectivity index (χ4n) is 2.82. The number of anilines is 2. The smallest absolute Gasteiger partial charge is 0.333 e. The molecule has 142 valence electrons. The van der Waals surface area contributed by atoms with Gasteiger partial charge in [0.05, 0.1) is 11.6 Å². The maximum Gasteiger partial charge on any atom is 0.416 e. The standard InChI is InChI=1S/C18H15F4N3O2/c19-12-4-2-6-15(8-12)25-10-14(9-16(25)26)24-17(27)23-13-5-1-3-11(7-13)18(20,21)22/h1-8,14H,9-10H2,(H2,23,24,27). The van der Waals surface area contributed by atoms with Crippen molar-refractivity contribution in [1.29, 1.82) is 0 Å². The quantitative estimate of drug-likeness (QED) is 0.795. The predicted molar refractivity (Wildman–Crippen MR) is 90.8 cm³/mol. The van der Waals surface area contributed by atoms with Crippen molar-refractivity contribution >= 4 is 23.3 Å². The Labute approximate surface area is 152 Å². The molecule has 2 aromatic rings. The minimum atomic E-state index is -4.52. The average molecular weight is 381 g/mol. The molecule has 1 heterocycles. The molecule has 2 N–H and O–H groups in total. The van der Waals surface area contributed by atoms with E-state index in [1.807, 2.05) is 0 Å². The molecule has 3 amide bonds. The second-order valence-electron chi connectivity index (χ2n) is 6.06. The number of nitrogens with zero attached hydrogens (tertiary/aromatic N) is 1. The minimum absolute atomic E-state index is 0.00647. The lowest BCUT2D eigenvalue weighted by atomic mass is 10.2. The average Bonchev–Trinajstić information content (AvgIpc) is 2.94. The van der Waals surface area contributed by atoms with Gasteiger partial charge in [0.2, 0.25) is 5.91 Å². The summed E-state index contributed by atoms with van der Waals surface area (Å²) in [5.41, 5.74) is -0.523. The summed E-state index contributed by atoms with van der Waals surface area (Å²) in [6, 6.07) is 8.46. The van der Waals surface area contributed by atoms with Crippen molar-refractivity contribution in [1.82, 2.24) is 5.32 Å². The van der Waals surface area contributed by atoms with E-state index in [0.29, 0.717) is 5.69 Å². The molecule has 1 aliphatic rings. The Morgan fingerprint density at radius 1 is 1.11 bits per heavy atom. The lowest BCUT2D eigenvalue weighted by Crippen LogP contribution is -2.39. The Morgan fingerprint density at radius 3 is 2.56 bits per heavy atom. The van der Waals surface area contributed by atoms with Crippen molar-refractivity contribution < 1.29 is 27.2 Å². The van der Waals surface area contributed by atoms with Gasteiger partial charge in [-0.2, -0.15) is 13.2 Å². The van der Waals surface area contributed by atoms with Crippen LogP contribution < -0.4 is 15.5 Å².